The summed E-state index contributed by atoms with van der Waals surface area (Å²) in [6.07, 6.45) is -21.3. The fourth-order valence-electron chi connectivity index (χ4n) is 4.21. The third kappa shape index (κ3) is 6.11. The molecular formula is C20H36O15. The molecule has 206 valence electrons. The first kappa shape index (κ1) is 29.0. The molecule has 0 aromatic heterocycles. The topological polar surface area (TPSA) is 237 Å². The summed E-state index contributed by atoms with van der Waals surface area (Å²) in [6.45, 7) is 0.769. The fourth-order valence-corrected chi connectivity index (χ4v) is 4.21. The molecular weight excluding hydrogens is 480 g/mol. The summed E-state index contributed by atoms with van der Waals surface area (Å²) in [4.78, 5) is 0. The second-order valence-corrected chi connectivity index (χ2v) is 8.85. The molecule has 3 aliphatic heterocycles. The molecule has 15 atom stereocenters. The Labute approximate surface area is 200 Å². The highest BCUT2D eigenvalue weighted by atomic mass is 16.7. The van der Waals surface area contributed by atoms with Crippen LogP contribution in [0.3, 0.4) is 0 Å². The second kappa shape index (κ2) is 12.3. The van der Waals surface area contributed by atoms with Gasteiger partial charge in [0.25, 0.3) is 0 Å². The molecule has 3 rings (SSSR count). The summed E-state index contributed by atoms with van der Waals surface area (Å²) in [5.74, 6) is 0. The summed E-state index contributed by atoms with van der Waals surface area (Å²) in [5.41, 5.74) is 0. The van der Waals surface area contributed by atoms with E-state index in [0.29, 0.717) is 6.42 Å². The summed E-state index contributed by atoms with van der Waals surface area (Å²) in [7, 11) is 1.22. The molecule has 0 aromatic rings. The standard InChI is InChI=1S/C20H36O15/c1-3-6-9(21)12(24)16(28)19(33-6)31-5-8-11(23)14(26)17(29)20(35-8)32-4-7-10(22)13(25)15(27)18(30-2)34-7/h6-29H,3-5H2,1-2H3/t6-,7-,8-,9-,10-,11-,12+,13+,14+,15-,16-,17-,18+,19+,20+/m1/s1. The van der Waals surface area contributed by atoms with Crippen LogP contribution < -0.4 is 0 Å². The van der Waals surface area contributed by atoms with Crippen molar-refractivity contribution in [3.8, 4) is 0 Å². The minimum Gasteiger partial charge on any atom is -0.388 e. The van der Waals surface area contributed by atoms with Crippen molar-refractivity contribution >= 4 is 0 Å². The molecule has 0 spiro atoms. The molecule has 35 heavy (non-hydrogen) atoms. The highest BCUT2D eigenvalue weighted by Crippen LogP contribution is 2.28. The van der Waals surface area contributed by atoms with Crippen LogP contribution in [0.5, 0.6) is 0 Å². The van der Waals surface area contributed by atoms with Crippen LogP contribution in [-0.4, -0.2) is 158 Å². The second-order valence-electron chi connectivity index (χ2n) is 8.85. The normalized spacial score (nSPS) is 51.3. The quantitative estimate of drug-likeness (QED) is 0.146. The lowest BCUT2D eigenvalue weighted by Gasteiger charge is -2.43. The van der Waals surface area contributed by atoms with Gasteiger partial charge in [0.1, 0.15) is 67.1 Å². The van der Waals surface area contributed by atoms with E-state index in [0.717, 1.165) is 0 Å². The van der Waals surface area contributed by atoms with E-state index >= 15 is 0 Å². The third-order valence-electron chi connectivity index (χ3n) is 6.49. The predicted molar refractivity (Wildman–Crippen MR) is 109 cm³/mol. The van der Waals surface area contributed by atoms with Gasteiger partial charge in [-0.1, -0.05) is 6.92 Å². The Morgan fingerprint density at radius 1 is 0.486 bits per heavy atom. The van der Waals surface area contributed by atoms with Gasteiger partial charge in [-0.3, -0.25) is 0 Å². The number of ether oxygens (including phenoxy) is 6. The summed E-state index contributed by atoms with van der Waals surface area (Å²) in [6, 6.07) is 0. The SMILES string of the molecule is CC[C@H]1O[C@H](OC[C@H]2O[C@H](OC[C@H]3O[C@H](OC)[C@H](O)[C@@H](O)[C@@H]3O)[C@H](O)[C@@H](O)[C@@H]2O)[C@H](O)[C@@H](O)[C@@H]1O. The zero-order valence-electron chi connectivity index (χ0n) is 19.3. The predicted octanol–water partition coefficient (Wildman–Crippen LogP) is -5.50. The molecule has 3 fully saturated rings. The maximum Gasteiger partial charge on any atom is 0.186 e. The Kier molecular flexibility index (Phi) is 10.2. The molecule has 0 saturated carbocycles. The molecule has 3 heterocycles. The first-order valence-electron chi connectivity index (χ1n) is 11.4. The van der Waals surface area contributed by atoms with Crippen LogP contribution in [-0.2, 0) is 28.4 Å². The van der Waals surface area contributed by atoms with Gasteiger partial charge >= 0.3 is 0 Å². The monoisotopic (exact) mass is 516 g/mol. The first-order valence-corrected chi connectivity index (χ1v) is 11.4. The van der Waals surface area contributed by atoms with Crippen LogP contribution >= 0.6 is 0 Å². The van der Waals surface area contributed by atoms with E-state index in [9.17, 15) is 46.0 Å². The fraction of sp³-hybridized carbons (Fsp3) is 1.00. The molecule has 0 amide bonds. The lowest BCUT2D eigenvalue weighted by molar-refractivity contribution is -0.340. The van der Waals surface area contributed by atoms with Crippen LogP contribution in [0, 0.1) is 0 Å². The number of aliphatic hydroxyl groups is 9. The van der Waals surface area contributed by atoms with E-state index < -0.39 is 105 Å². The van der Waals surface area contributed by atoms with Crippen molar-refractivity contribution in [3.05, 3.63) is 0 Å². The van der Waals surface area contributed by atoms with Gasteiger partial charge < -0.3 is 74.4 Å². The molecule has 15 heteroatoms. The van der Waals surface area contributed by atoms with Crippen molar-refractivity contribution < 1.29 is 74.4 Å². The van der Waals surface area contributed by atoms with Crippen LogP contribution in [0.4, 0.5) is 0 Å². The zero-order valence-corrected chi connectivity index (χ0v) is 19.3. The number of hydrogen-bond donors (Lipinski definition) is 9. The number of hydrogen-bond acceptors (Lipinski definition) is 15. The van der Waals surface area contributed by atoms with Gasteiger partial charge in [0.15, 0.2) is 18.9 Å². The average molecular weight is 516 g/mol. The van der Waals surface area contributed by atoms with E-state index in [1.54, 1.807) is 6.92 Å². The summed E-state index contributed by atoms with van der Waals surface area (Å²) in [5, 5.41) is 90.8. The minimum atomic E-state index is -1.73. The Morgan fingerprint density at radius 2 is 0.829 bits per heavy atom. The highest BCUT2D eigenvalue weighted by Gasteiger charge is 2.49. The summed E-state index contributed by atoms with van der Waals surface area (Å²) >= 11 is 0. The maximum atomic E-state index is 10.3. The van der Waals surface area contributed by atoms with E-state index in [2.05, 4.69) is 0 Å². The van der Waals surface area contributed by atoms with Gasteiger partial charge in [-0.05, 0) is 6.42 Å². The third-order valence-corrected chi connectivity index (χ3v) is 6.49. The van der Waals surface area contributed by atoms with Crippen molar-refractivity contribution in [2.45, 2.75) is 105 Å². The molecule has 9 N–H and O–H groups in total. The van der Waals surface area contributed by atoms with Gasteiger partial charge in [0.2, 0.25) is 0 Å². The van der Waals surface area contributed by atoms with Gasteiger partial charge in [0, 0.05) is 7.11 Å². The molecule has 15 nitrogen and oxygen atoms in total. The highest BCUT2D eigenvalue weighted by molar-refractivity contribution is 4.93. The Balaban J connectivity index is 1.59. The number of methoxy groups -OCH3 is 1. The van der Waals surface area contributed by atoms with Crippen molar-refractivity contribution in [3.63, 3.8) is 0 Å². The minimum absolute atomic E-state index is 0.318. The average Bonchev–Trinajstić information content (AvgIpc) is 2.85. The number of aliphatic hydroxyl groups excluding tert-OH is 9. The molecule has 0 aliphatic carbocycles. The van der Waals surface area contributed by atoms with Crippen molar-refractivity contribution in [1.29, 1.82) is 0 Å². The van der Waals surface area contributed by atoms with Crippen LogP contribution in [0.1, 0.15) is 13.3 Å². The Bertz CT molecular complexity index is 600. The molecule has 0 aromatic carbocycles. The van der Waals surface area contributed by atoms with Crippen molar-refractivity contribution in [1.82, 2.24) is 0 Å². The molecule has 0 bridgehead atoms. The summed E-state index contributed by atoms with van der Waals surface area (Å²) < 4.78 is 32.1. The van der Waals surface area contributed by atoms with Crippen LogP contribution in [0.15, 0.2) is 0 Å². The lowest BCUT2D eigenvalue weighted by atomic mass is 9.97. The van der Waals surface area contributed by atoms with E-state index in [-0.39, 0.29) is 0 Å². The molecule has 0 unspecified atom stereocenters. The molecule has 3 saturated heterocycles. The molecule has 3 aliphatic rings. The molecule has 0 radical (unpaired) electrons. The van der Waals surface area contributed by atoms with Crippen molar-refractivity contribution in [2.75, 3.05) is 20.3 Å². The Morgan fingerprint density at radius 3 is 1.23 bits per heavy atom. The van der Waals surface area contributed by atoms with E-state index in [1.807, 2.05) is 0 Å². The van der Waals surface area contributed by atoms with Gasteiger partial charge in [0.05, 0.1) is 19.3 Å². The smallest absolute Gasteiger partial charge is 0.186 e. The zero-order chi connectivity index (χ0) is 26.0. The van der Waals surface area contributed by atoms with Crippen LogP contribution in [0.2, 0.25) is 0 Å². The number of rotatable bonds is 8. The Hall–Kier alpha value is -0.600. The largest absolute Gasteiger partial charge is 0.388 e. The van der Waals surface area contributed by atoms with Gasteiger partial charge in [-0.15, -0.1) is 0 Å². The first-order chi connectivity index (χ1) is 16.5. The lowest BCUT2D eigenvalue weighted by Crippen LogP contribution is -2.62. The van der Waals surface area contributed by atoms with Gasteiger partial charge in [-0.25, -0.2) is 0 Å². The van der Waals surface area contributed by atoms with Gasteiger partial charge in [-0.2, -0.15) is 0 Å². The van der Waals surface area contributed by atoms with E-state index in [4.69, 9.17) is 28.4 Å². The van der Waals surface area contributed by atoms with Crippen molar-refractivity contribution in [2.24, 2.45) is 0 Å². The van der Waals surface area contributed by atoms with E-state index in [1.165, 1.54) is 7.11 Å². The maximum absolute atomic E-state index is 10.3. The van der Waals surface area contributed by atoms with Crippen LogP contribution in [0.25, 0.3) is 0 Å².